The van der Waals surface area contributed by atoms with E-state index in [1.807, 2.05) is 0 Å². The van der Waals surface area contributed by atoms with Gasteiger partial charge in [0.25, 0.3) is 0 Å². The molecule has 0 heterocycles. The number of hydrogen-bond donors (Lipinski definition) is 0. The lowest BCUT2D eigenvalue weighted by molar-refractivity contribution is -0.0428. The molecule has 0 fully saturated rings. The molecule has 0 aliphatic heterocycles. The van der Waals surface area contributed by atoms with Gasteiger partial charge in [-0.05, 0) is 48.4 Å². The lowest BCUT2D eigenvalue weighted by atomic mass is 9.83. The number of benzene rings is 2. The molecule has 27 heavy (non-hydrogen) atoms. The minimum Gasteiger partial charge on any atom is -0.384 e. The molecule has 0 saturated carbocycles. The summed E-state index contributed by atoms with van der Waals surface area (Å²) in [5.74, 6) is 0. The Morgan fingerprint density at radius 2 is 1.41 bits per heavy atom. The second-order valence-electron chi connectivity index (χ2n) is 7.51. The lowest BCUT2D eigenvalue weighted by Crippen LogP contribution is -2.37. The summed E-state index contributed by atoms with van der Waals surface area (Å²) in [5, 5.41) is 0. The molecule has 0 unspecified atom stereocenters. The Morgan fingerprint density at radius 3 is 1.93 bits per heavy atom. The smallest absolute Gasteiger partial charge is 0.0563 e. The molecular weight excluding hydrogens is 336 g/mol. The molecule has 2 rings (SSSR count). The SMILES string of the molecule is CCc1cc(CCC(COC)(COC)COC)ccc1-c1ccc(C)cc1. The summed E-state index contributed by atoms with van der Waals surface area (Å²) in [6.45, 7) is 6.26. The fraction of sp³-hybridized carbons (Fsp3) is 0.500. The summed E-state index contributed by atoms with van der Waals surface area (Å²) in [6, 6.07) is 15.7. The summed E-state index contributed by atoms with van der Waals surface area (Å²) in [4.78, 5) is 0. The molecule has 3 heteroatoms. The third kappa shape index (κ3) is 5.90. The predicted octanol–water partition coefficient (Wildman–Crippen LogP) is 5.08. The highest BCUT2D eigenvalue weighted by molar-refractivity contribution is 5.68. The van der Waals surface area contributed by atoms with Gasteiger partial charge in [0, 0.05) is 26.7 Å². The lowest BCUT2D eigenvalue weighted by Gasteiger charge is -2.32. The average Bonchev–Trinajstić information content (AvgIpc) is 2.67. The van der Waals surface area contributed by atoms with Crippen LogP contribution in [-0.2, 0) is 27.1 Å². The summed E-state index contributed by atoms with van der Waals surface area (Å²) in [7, 11) is 5.23. The van der Waals surface area contributed by atoms with Crippen LogP contribution in [0.1, 0.15) is 30.0 Å². The highest BCUT2D eigenvalue weighted by Crippen LogP contribution is 2.29. The number of ether oxygens (including phenoxy) is 3. The van der Waals surface area contributed by atoms with Crippen molar-refractivity contribution in [2.45, 2.75) is 33.1 Å². The van der Waals surface area contributed by atoms with Crippen molar-refractivity contribution in [2.75, 3.05) is 41.2 Å². The molecule has 0 aliphatic carbocycles. The highest BCUT2D eigenvalue weighted by atomic mass is 16.5. The summed E-state index contributed by atoms with van der Waals surface area (Å²) < 4.78 is 16.4. The van der Waals surface area contributed by atoms with Crippen LogP contribution in [0.25, 0.3) is 11.1 Å². The van der Waals surface area contributed by atoms with E-state index in [2.05, 4.69) is 56.3 Å². The Kier molecular flexibility index (Phi) is 8.49. The third-order valence-corrected chi connectivity index (χ3v) is 5.21. The van der Waals surface area contributed by atoms with Crippen LogP contribution >= 0.6 is 0 Å². The molecular formula is C24H34O3. The van der Waals surface area contributed by atoms with Crippen molar-refractivity contribution in [3.63, 3.8) is 0 Å². The van der Waals surface area contributed by atoms with Gasteiger partial charge in [-0.1, -0.05) is 55.0 Å². The van der Waals surface area contributed by atoms with Crippen molar-refractivity contribution in [1.82, 2.24) is 0 Å². The van der Waals surface area contributed by atoms with E-state index < -0.39 is 0 Å². The molecule has 0 saturated heterocycles. The van der Waals surface area contributed by atoms with Crippen LogP contribution in [0.15, 0.2) is 42.5 Å². The van der Waals surface area contributed by atoms with Crippen molar-refractivity contribution in [1.29, 1.82) is 0 Å². The van der Waals surface area contributed by atoms with Crippen LogP contribution in [0.4, 0.5) is 0 Å². The van der Waals surface area contributed by atoms with Gasteiger partial charge in [0.2, 0.25) is 0 Å². The van der Waals surface area contributed by atoms with E-state index in [1.165, 1.54) is 27.8 Å². The zero-order chi connectivity index (χ0) is 19.7. The fourth-order valence-corrected chi connectivity index (χ4v) is 3.78. The molecule has 0 spiro atoms. The first-order valence-corrected chi connectivity index (χ1v) is 9.73. The van der Waals surface area contributed by atoms with Gasteiger partial charge >= 0.3 is 0 Å². The van der Waals surface area contributed by atoms with E-state index in [4.69, 9.17) is 14.2 Å². The van der Waals surface area contributed by atoms with E-state index in [0.29, 0.717) is 19.8 Å². The number of methoxy groups -OCH3 is 3. The van der Waals surface area contributed by atoms with Gasteiger partial charge in [-0.15, -0.1) is 0 Å². The van der Waals surface area contributed by atoms with Crippen molar-refractivity contribution in [2.24, 2.45) is 5.41 Å². The van der Waals surface area contributed by atoms with Crippen LogP contribution < -0.4 is 0 Å². The molecule has 2 aromatic rings. The monoisotopic (exact) mass is 370 g/mol. The van der Waals surface area contributed by atoms with Crippen molar-refractivity contribution >= 4 is 0 Å². The predicted molar refractivity (Wildman–Crippen MR) is 112 cm³/mol. The Morgan fingerprint density at radius 1 is 0.815 bits per heavy atom. The zero-order valence-electron chi connectivity index (χ0n) is 17.5. The first-order valence-electron chi connectivity index (χ1n) is 9.73. The Bertz CT molecular complexity index is 674. The molecule has 3 nitrogen and oxygen atoms in total. The van der Waals surface area contributed by atoms with Crippen LogP contribution in [0.3, 0.4) is 0 Å². The maximum Gasteiger partial charge on any atom is 0.0563 e. The molecule has 0 aliphatic rings. The zero-order valence-corrected chi connectivity index (χ0v) is 17.5. The maximum absolute atomic E-state index is 5.47. The largest absolute Gasteiger partial charge is 0.384 e. The van der Waals surface area contributed by atoms with Crippen LogP contribution in [0, 0.1) is 12.3 Å². The Hall–Kier alpha value is -1.68. The molecule has 148 valence electrons. The van der Waals surface area contributed by atoms with Gasteiger partial charge < -0.3 is 14.2 Å². The molecule has 0 aromatic heterocycles. The number of aryl methyl sites for hydroxylation is 3. The van der Waals surface area contributed by atoms with Gasteiger partial charge in [-0.3, -0.25) is 0 Å². The molecule has 0 radical (unpaired) electrons. The first kappa shape index (κ1) is 21.6. The van der Waals surface area contributed by atoms with Gasteiger partial charge in [0.15, 0.2) is 0 Å². The van der Waals surface area contributed by atoms with Crippen LogP contribution in [0.2, 0.25) is 0 Å². The average molecular weight is 371 g/mol. The molecule has 0 atom stereocenters. The van der Waals surface area contributed by atoms with Gasteiger partial charge in [0.1, 0.15) is 0 Å². The quantitative estimate of drug-likeness (QED) is 0.552. The molecule has 0 bridgehead atoms. The summed E-state index contributed by atoms with van der Waals surface area (Å²) in [6.07, 6.45) is 2.98. The molecule has 2 aromatic carbocycles. The van der Waals surface area contributed by atoms with Crippen LogP contribution in [0.5, 0.6) is 0 Å². The minimum atomic E-state index is -0.111. The fourth-order valence-electron chi connectivity index (χ4n) is 3.78. The van der Waals surface area contributed by atoms with Crippen LogP contribution in [-0.4, -0.2) is 41.2 Å². The second-order valence-corrected chi connectivity index (χ2v) is 7.51. The van der Waals surface area contributed by atoms with Gasteiger partial charge in [-0.2, -0.15) is 0 Å². The third-order valence-electron chi connectivity index (χ3n) is 5.21. The first-order chi connectivity index (χ1) is 13.1. The number of hydrogen-bond acceptors (Lipinski definition) is 3. The summed E-state index contributed by atoms with van der Waals surface area (Å²) in [5.41, 5.74) is 6.55. The molecule has 0 amide bonds. The Balaban J connectivity index is 2.20. The van der Waals surface area contributed by atoms with E-state index in [9.17, 15) is 0 Å². The van der Waals surface area contributed by atoms with E-state index >= 15 is 0 Å². The van der Waals surface area contributed by atoms with Gasteiger partial charge in [0.05, 0.1) is 19.8 Å². The van der Waals surface area contributed by atoms with Gasteiger partial charge in [-0.25, -0.2) is 0 Å². The maximum atomic E-state index is 5.47. The van der Waals surface area contributed by atoms with Crippen molar-refractivity contribution in [3.05, 3.63) is 59.2 Å². The Labute approximate surface area is 164 Å². The standard InChI is InChI=1S/C24H34O3/c1-6-21-15-20(9-12-23(21)22-10-7-19(2)8-11-22)13-14-24(16-25-3,17-26-4)18-27-5/h7-12,15H,6,13-14,16-18H2,1-5H3. The van der Waals surface area contributed by atoms with E-state index in [0.717, 1.165) is 19.3 Å². The topological polar surface area (TPSA) is 27.7 Å². The number of rotatable bonds is 11. The van der Waals surface area contributed by atoms with E-state index in [1.54, 1.807) is 21.3 Å². The second kappa shape index (κ2) is 10.6. The summed E-state index contributed by atoms with van der Waals surface area (Å²) >= 11 is 0. The van der Waals surface area contributed by atoms with E-state index in [-0.39, 0.29) is 5.41 Å². The normalized spacial score (nSPS) is 11.7. The van der Waals surface area contributed by atoms with Crippen molar-refractivity contribution in [3.8, 4) is 11.1 Å². The highest BCUT2D eigenvalue weighted by Gasteiger charge is 2.30. The van der Waals surface area contributed by atoms with Crippen molar-refractivity contribution < 1.29 is 14.2 Å². The molecule has 0 N–H and O–H groups in total. The minimum absolute atomic E-state index is 0.111.